The molecule has 44 heavy (non-hydrogen) atoms. The summed E-state index contributed by atoms with van der Waals surface area (Å²) in [5, 5.41) is 16.3. The molecule has 2 aliphatic rings. The Labute approximate surface area is 253 Å². The minimum atomic E-state index is 0.467. The van der Waals surface area contributed by atoms with Crippen LogP contribution in [0.25, 0.3) is 56.0 Å². The van der Waals surface area contributed by atoms with Crippen LogP contribution >= 0.6 is 0 Å². The Balaban J connectivity index is 1.21. The Morgan fingerprint density at radius 1 is 0.773 bits per heavy atom. The number of fused-ring (bicyclic) bond motifs is 2. The van der Waals surface area contributed by atoms with Crippen LogP contribution in [-0.2, 0) is 14.1 Å². The zero-order valence-electron chi connectivity index (χ0n) is 24.8. The molecule has 9 rings (SSSR count). The summed E-state index contributed by atoms with van der Waals surface area (Å²) in [5.41, 5.74) is 9.03. The van der Waals surface area contributed by atoms with Gasteiger partial charge in [0.05, 0.1) is 35.9 Å². The lowest BCUT2D eigenvalue weighted by Crippen LogP contribution is -2.01. The van der Waals surface area contributed by atoms with E-state index in [9.17, 15) is 0 Å². The SMILES string of the molecule is COc1nn(-c2ccccc2)cc1-n1cc2c(-c3nc(-c4cc5cn(C)nc5nc4C4CC4)n(C)c3C3CC3)cccc2n1. The topological polar surface area (TPSA) is 93.4 Å². The molecule has 7 aromatic rings. The Kier molecular flexibility index (Phi) is 5.38. The predicted octanol–water partition coefficient (Wildman–Crippen LogP) is 6.32. The van der Waals surface area contributed by atoms with Gasteiger partial charge in [0.15, 0.2) is 5.65 Å². The highest BCUT2D eigenvalue weighted by Gasteiger charge is 2.35. The third-order valence-corrected chi connectivity index (χ3v) is 8.88. The van der Waals surface area contributed by atoms with E-state index in [2.05, 4.69) is 52.3 Å². The molecule has 5 aromatic heterocycles. The van der Waals surface area contributed by atoms with Crippen LogP contribution in [0.2, 0.25) is 0 Å². The second kappa shape index (κ2) is 9.37. The number of pyridine rings is 1. The Hall–Kier alpha value is -5.25. The molecule has 0 aliphatic heterocycles. The van der Waals surface area contributed by atoms with Crippen LogP contribution < -0.4 is 4.74 Å². The second-order valence-corrected chi connectivity index (χ2v) is 12.0. The van der Waals surface area contributed by atoms with Gasteiger partial charge in [-0.3, -0.25) is 4.68 Å². The Morgan fingerprint density at radius 3 is 2.36 bits per heavy atom. The van der Waals surface area contributed by atoms with Crippen molar-refractivity contribution in [1.82, 2.24) is 43.9 Å². The summed E-state index contributed by atoms with van der Waals surface area (Å²) >= 11 is 0. The number of benzene rings is 2. The van der Waals surface area contributed by atoms with Crippen LogP contribution in [0.3, 0.4) is 0 Å². The van der Waals surface area contributed by atoms with Crippen LogP contribution in [-0.4, -0.2) is 51.0 Å². The van der Waals surface area contributed by atoms with Crippen molar-refractivity contribution in [2.75, 3.05) is 7.11 Å². The Bertz CT molecular complexity index is 2210. The molecule has 0 bridgehead atoms. The minimum absolute atomic E-state index is 0.467. The molecule has 0 spiro atoms. The number of methoxy groups -OCH3 is 1. The molecule has 0 saturated heterocycles. The molecule has 0 radical (unpaired) electrons. The summed E-state index contributed by atoms with van der Waals surface area (Å²) in [5.74, 6) is 2.43. The molecule has 5 heterocycles. The summed E-state index contributed by atoms with van der Waals surface area (Å²) in [7, 11) is 5.75. The number of para-hydroxylation sites is 1. The number of hydrogen-bond acceptors (Lipinski definition) is 6. The van der Waals surface area contributed by atoms with Gasteiger partial charge in [-0.05, 0) is 49.9 Å². The van der Waals surface area contributed by atoms with E-state index in [0.717, 1.165) is 74.5 Å². The van der Waals surface area contributed by atoms with Gasteiger partial charge in [-0.1, -0.05) is 30.3 Å². The van der Waals surface area contributed by atoms with E-state index in [-0.39, 0.29) is 0 Å². The van der Waals surface area contributed by atoms with Crippen molar-refractivity contribution in [3.05, 3.63) is 84.6 Å². The summed E-state index contributed by atoms with van der Waals surface area (Å²) in [6.45, 7) is 0. The van der Waals surface area contributed by atoms with E-state index in [0.29, 0.717) is 17.7 Å². The van der Waals surface area contributed by atoms with Crippen LogP contribution in [0.15, 0.2) is 73.2 Å². The van der Waals surface area contributed by atoms with Crippen molar-refractivity contribution in [3.8, 4) is 39.9 Å². The first-order chi connectivity index (χ1) is 21.6. The maximum absolute atomic E-state index is 5.69. The molecular formula is C34H31N9O. The molecule has 2 fully saturated rings. The number of imidazole rings is 1. The zero-order chi connectivity index (χ0) is 29.5. The van der Waals surface area contributed by atoms with Gasteiger partial charge >= 0.3 is 0 Å². The number of aromatic nitrogens is 9. The molecule has 10 nitrogen and oxygen atoms in total. The van der Waals surface area contributed by atoms with Crippen LogP contribution in [0, 0.1) is 0 Å². The van der Waals surface area contributed by atoms with Gasteiger partial charge < -0.3 is 9.30 Å². The smallest absolute Gasteiger partial charge is 0.259 e. The van der Waals surface area contributed by atoms with Gasteiger partial charge in [-0.15, -0.1) is 5.10 Å². The standard InChI is InChI=1S/C34H31N9O/c1-40-17-22-16-25(29(20-12-13-20)35-32(22)38-40)33-36-30(31(41(33)2)21-14-15-21)24-10-7-11-27-26(24)18-43(37-27)28-19-42(39-34(28)44-3)23-8-5-4-6-9-23/h4-11,16-21H,12-15H2,1-3H3. The zero-order valence-corrected chi connectivity index (χ0v) is 24.8. The van der Waals surface area contributed by atoms with Crippen molar-refractivity contribution in [3.63, 3.8) is 0 Å². The van der Waals surface area contributed by atoms with Crippen molar-refractivity contribution >= 4 is 21.9 Å². The molecule has 0 atom stereocenters. The van der Waals surface area contributed by atoms with Gasteiger partial charge in [0.1, 0.15) is 11.5 Å². The summed E-state index contributed by atoms with van der Waals surface area (Å²) < 4.78 is 13.5. The van der Waals surface area contributed by atoms with E-state index in [4.69, 9.17) is 19.8 Å². The first-order valence-electron chi connectivity index (χ1n) is 15.1. The predicted molar refractivity (Wildman–Crippen MR) is 168 cm³/mol. The van der Waals surface area contributed by atoms with E-state index in [1.54, 1.807) is 7.11 Å². The lowest BCUT2D eigenvalue weighted by atomic mass is 10.0. The summed E-state index contributed by atoms with van der Waals surface area (Å²) in [6, 6.07) is 18.5. The summed E-state index contributed by atoms with van der Waals surface area (Å²) in [4.78, 5) is 10.5. The van der Waals surface area contributed by atoms with Crippen molar-refractivity contribution in [1.29, 1.82) is 0 Å². The maximum atomic E-state index is 5.69. The number of ether oxygens (including phenoxy) is 1. The van der Waals surface area contributed by atoms with Crippen molar-refractivity contribution in [2.45, 2.75) is 37.5 Å². The normalized spacial score (nSPS) is 15.1. The number of aryl methyl sites for hydroxylation is 1. The molecule has 10 heteroatoms. The lowest BCUT2D eigenvalue weighted by Gasteiger charge is -2.10. The number of nitrogens with zero attached hydrogens (tertiary/aromatic N) is 9. The first kappa shape index (κ1) is 25.3. The molecule has 2 saturated carbocycles. The largest absolute Gasteiger partial charge is 0.478 e. The molecule has 218 valence electrons. The monoisotopic (exact) mass is 581 g/mol. The highest BCUT2D eigenvalue weighted by molar-refractivity contribution is 5.95. The average molecular weight is 582 g/mol. The van der Waals surface area contributed by atoms with Gasteiger partial charge in [-0.2, -0.15) is 10.2 Å². The van der Waals surface area contributed by atoms with Gasteiger partial charge in [0.2, 0.25) is 0 Å². The van der Waals surface area contributed by atoms with Crippen molar-refractivity contribution < 1.29 is 4.74 Å². The van der Waals surface area contributed by atoms with Crippen LogP contribution in [0.5, 0.6) is 5.88 Å². The molecule has 0 unspecified atom stereocenters. The fourth-order valence-electron chi connectivity index (χ4n) is 6.45. The third-order valence-electron chi connectivity index (χ3n) is 8.88. The fraction of sp³-hybridized carbons (Fsp3) is 0.265. The fourth-order valence-corrected chi connectivity index (χ4v) is 6.45. The van der Waals surface area contributed by atoms with Gasteiger partial charge in [0, 0.05) is 65.9 Å². The average Bonchev–Trinajstić information content (AvgIpc) is 3.90. The van der Waals surface area contributed by atoms with Crippen LogP contribution in [0.1, 0.15) is 48.9 Å². The third kappa shape index (κ3) is 3.97. The molecule has 0 amide bonds. The molecular weight excluding hydrogens is 550 g/mol. The highest BCUT2D eigenvalue weighted by atomic mass is 16.5. The lowest BCUT2D eigenvalue weighted by molar-refractivity contribution is 0.392. The highest BCUT2D eigenvalue weighted by Crippen LogP contribution is 2.49. The van der Waals surface area contributed by atoms with E-state index < -0.39 is 0 Å². The van der Waals surface area contributed by atoms with Crippen molar-refractivity contribution in [2.24, 2.45) is 14.1 Å². The quantitative estimate of drug-likeness (QED) is 0.219. The Morgan fingerprint density at radius 2 is 1.59 bits per heavy atom. The van der Waals surface area contributed by atoms with Gasteiger partial charge in [0.25, 0.3) is 5.88 Å². The minimum Gasteiger partial charge on any atom is -0.478 e. The summed E-state index contributed by atoms with van der Waals surface area (Å²) in [6.07, 6.45) is 10.7. The van der Waals surface area contributed by atoms with Gasteiger partial charge in [-0.25, -0.2) is 19.3 Å². The van der Waals surface area contributed by atoms with E-state index in [1.807, 2.05) is 63.8 Å². The number of hydrogen-bond donors (Lipinski definition) is 0. The maximum Gasteiger partial charge on any atom is 0.259 e. The van der Waals surface area contributed by atoms with Crippen LogP contribution in [0.4, 0.5) is 0 Å². The van der Waals surface area contributed by atoms with E-state index >= 15 is 0 Å². The van der Waals surface area contributed by atoms with E-state index in [1.165, 1.54) is 18.5 Å². The molecule has 2 aliphatic carbocycles. The molecule has 0 N–H and O–H groups in total. The second-order valence-electron chi connectivity index (χ2n) is 12.0. The first-order valence-corrected chi connectivity index (χ1v) is 15.1. The molecule has 2 aromatic carbocycles. The number of rotatable bonds is 7.